The predicted octanol–water partition coefficient (Wildman–Crippen LogP) is 13.0. The van der Waals surface area contributed by atoms with Crippen LogP contribution in [0, 0.1) is 0 Å². The fourth-order valence-electron chi connectivity index (χ4n) is 7.47. The summed E-state index contributed by atoms with van der Waals surface area (Å²) in [5.41, 5.74) is 11.1. The molecule has 10 rings (SSSR count). The normalized spacial score (nSPS) is 11.5. The van der Waals surface area contributed by atoms with Crippen molar-refractivity contribution in [2.75, 3.05) is 0 Å². The van der Waals surface area contributed by atoms with Gasteiger partial charge in [0.2, 0.25) is 0 Å². The minimum absolute atomic E-state index is 0.697. The first-order valence-electron chi connectivity index (χ1n) is 17.2. The van der Waals surface area contributed by atoms with Gasteiger partial charge in [0.05, 0.1) is 11.4 Å². The maximum atomic E-state index is 6.35. The fraction of sp³-hybridized carbons (Fsp3) is 0. The molecule has 3 heteroatoms. The van der Waals surface area contributed by atoms with Gasteiger partial charge in [0, 0.05) is 27.5 Å². The summed E-state index contributed by atoms with van der Waals surface area (Å²) in [6.07, 6.45) is 0. The average Bonchev–Trinajstić information content (AvgIpc) is 3.59. The van der Waals surface area contributed by atoms with Crippen LogP contribution in [-0.4, -0.2) is 9.97 Å². The van der Waals surface area contributed by atoms with Crippen molar-refractivity contribution in [3.63, 3.8) is 0 Å². The molecule has 0 saturated carbocycles. The van der Waals surface area contributed by atoms with Crippen LogP contribution < -0.4 is 0 Å². The van der Waals surface area contributed by atoms with E-state index in [1.54, 1.807) is 0 Å². The zero-order valence-corrected chi connectivity index (χ0v) is 27.6. The van der Waals surface area contributed by atoms with E-state index in [1.807, 2.05) is 18.2 Å². The van der Waals surface area contributed by atoms with E-state index in [2.05, 4.69) is 164 Å². The maximum Gasteiger partial charge on any atom is 0.161 e. The van der Waals surface area contributed by atoms with Gasteiger partial charge in [-0.3, -0.25) is 0 Å². The van der Waals surface area contributed by atoms with Gasteiger partial charge in [-0.05, 0) is 80.2 Å². The number of rotatable bonds is 5. The molecule has 0 radical (unpaired) electrons. The summed E-state index contributed by atoms with van der Waals surface area (Å²) in [5.74, 6) is 0.697. The molecule has 238 valence electrons. The molecule has 0 aliphatic heterocycles. The third kappa shape index (κ3) is 5.06. The highest BCUT2D eigenvalue weighted by atomic mass is 16.3. The van der Waals surface area contributed by atoms with E-state index in [4.69, 9.17) is 14.4 Å². The SMILES string of the molecule is c1ccc(-c2cc(-c3cc(-c4cccc5ccccc45)cc(-c4cccc5oc6ccccc6c45)c3)nc(-c3cccc4ccccc34)n2)cc1. The second kappa shape index (κ2) is 11.9. The van der Waals surface area contributed by atoms with Gasteiger partial charge in [-0.25, -0.2) is 9.97 Å². The molecular weight excluding hydrogens is 621 g/mol. The number of furan rings is 1. The zero-order valence-electron chi connectivity index (χ0n) is 27.6. The fourth-order valence-corrected chi connectivity index (χ4v) is 7.47. The summed E-state index contributed by atoms with van der Waals surface area (Å²) in [5, 5.41) is 6.91. The van der Waals surface area contributed by atoms with E-state index < -0.39 is 0 Å². The molecule has 2 heterocycles. The van der Waals surface area contributed by atoms with Gasteiger partial charge < -0.3 is 4.42 Å². The third-order valence-corrected chi connectivity index (χ3v) is 9.87. The first kappa shape index (κ1) is 29.1. The molecule has 51 heavy (non-hydrogen) atoms. The molecule has 8 aromatic carbocycles. The highest BCUT2D eigenvalue weighted by Crippen LogP contribution is 2.41. The largest absolute Gasteiger partial charge is 0.456 e. The molecule has 0 aliphatic carbocycles. The number of para-hydroxylation sites is 1. The summed E-state index contributed by atoms with van der Waals surface area (Å²) in [7, 11) is 0. The van der Waals surface area contributed by atoms with E-state index in [1.165, 1.54) is 16.3 Å². The molecule has 0 spiro atoms. The summed E-state index contributed by atoms with van der Waals surface area (Å²) in [6, 6.07) is 63.9. The van der Waals surface area contributed by atoms with Gasteiger partial charge in [-0.1, -0.05) is 146 Å². The van der Waals surface area contributed by atoms with Crippen LogP contribution in [0.1, 0.15) is 0 Å². The Morgan fingerprint density at radius 2 is 0.843 bits per heavy atom. The van der Waals surface area contributed by atoms with E-state index in [-0.39, 0.29) is 0 Å². The van der Waals surface area contributed by atoms with Crippen LogP contribution in [-0.2, 0) is 0 Å². The monoisotopic (exact) mass is 650 g/mol. The van der Waals surface area contributed by atoms with Crippen molar-refractivity contribution in [1.82, 2.24) is 9.97 Å². The molecule has 10 aromatic rings. The molecule has 3 nitrogen and oxygen atoms in total. The Morgan fingerprint density at radius 3 is 1.61 bits per heavy atom. The van der Waals surface area contributed by atoms with Gasteiger partial charge >= 0.3 is 0 Å². The quantitative estimate of drug-likeness (QED) is 0.186. The van der Waals surface area contributed by atoms with E-state index in [9.17, 15) is 0 Å². The van der Waals surface area contributed by atoms with Crippen molar-refractivity contribution >= 4 is 43.5 Å². The Bertz CT molecular complexity index is 2910. The van der Waals surface area contributed by atoms with Gasteiger partial charge in [0.25, 0.3) is 0 Å². The van der Waals surface area contributed by atoms with Crippen LogP contribution in [0.2, 0.25) is 0 Å². The van der Waals surface area contributed by atoms with Crippen LogP contribution >= 0.6 is 0 Å². The van der Waals surface area contributed by atoms with E-state index >= 15 is 0 Å². The van der Waals surface area contributed by atoms with Crippen LogP contribution in [0.3, 0.4) is 0 Å². The van der Waals surface area contributed by atoms with Gasteiger partial charge in [-0.2, -0.15) is 0 Å². The molecule has 0 aliphatic rings. The van der Waals surface area contributed by atoms with Crippen LogP contribution in [0.25, 0.3) is 99.6 Å². The molecule has 2 aromatic heterocycles. The van der Waals surface area contributed by atoms with Crippen LogP contribution in [0.4, 0.5) is 0 Å². The van der Waals surface area contributed by atoms with Crippen molar-refractivity contribution in [3.8, 4) is 56.2 Å². The minimum Gasteiger partial charge on any atom is -0.456 e. The van der Waals surface area contributed by atoms with Gasteiger partial charge in [0.15, 0.2) is 5.82 Å². The lowest BCUT2D eigenvalue weighted by Crippen LogP contribution is -1.97. The Labute approximate surface area is 295 Å². The molecule has 0 bridgehead atoms. The number of nitrogens with zero attached hydrogens (tertiary/aromatic N) is 2. The number of hydrogen-bond acceptors (Lipinski definition) is 3. The molecule has 0 unspecified atom stereocenters. The van der Waals surface area contributed by atoms with Crippen molar-refractivity contribution in [2.45, 2.75) is 0 Å². The highest BCUT2D eigenvalue weighted by Gasteiger charge is 2.18. The number of fused-ring (bicyclic) bond motifs is 5. The second-order valence-corrected chi connectivity index (χ2v) is 13.0. The lowest BCUT2D eigenvalue weighted by Gasteiger charge is -2.15. The van der Waals surface area contributed by atoms with Crippen molar-refractivity contribution in [2.24, 2.45) is 0 Å². The lowest BCUT2D eigenvalue weighted by atomic mass is 9.91. The molecule has 0 amide bonds. The first-order valence-corrected chi connectivity index (χ1v) is 17.2. The topological polar surface area (TPSA) is 38.9 Å². The Morgan fingerprint density at radius 1 is 0.333 bits per heavy atom. The van der Waals surface area contributed by atoms with Crippen LogP contribution in [0.15, 0.2) is 186 Å². The predicted molar refractivity (Wildman–Crippen MR) is 212 cm³/mol. The van der Waals surface area contributed by atoms with Crippen molar-refractivity contribution < 1.29 is 4.42 Å². The Hall–Kier alpha value is -6.84. The summed E-state index contributed by atoms with van der Waals surface area (Å²) >= 11 is 0. The summed E-state index contributed by atoms with van der Waals surface area (Å²) in [4.78, 5) is 10.6. The Kier molecular flexibility index (Phi) is 6.81. The zero-order chi connectivity index (χ0) is 33.7. The molecule has 0 fully saturated rings. The first-order chi connectivity index (χ1) is 25.3. The van der Waals surface area contributed by atoms with Crippen molar-refractivity contribution in [3.05, 3.63) is 182 Å². The Balaban J connectivity index is 1.27. The van der Waals surface area contributed by atoms with Gasteiger partial charge in [-0.15, -0.1) is 0 Å². The average molecular weight is 651 g/mol. The highest BCUT2D eigenvalue weighted by molar-refractivity contribution is 6.13. The minimum atomic E-state index is 0.697. The standard InChI is InChI=1S/C48H30N2O/c1-2-15-33(16-3-1)43-30-44(50-48(49-43)41-24-11-18-32-14-5-7-20-38(32)41)36-28-34(39-22-10-17-31-13-4-6-19-37(31)39)27-35(29-36)40-23-12-26-46-47(40)42-21-8-9-25-45(42)51-46/h1-30H. The second-order valence-electron chi connectivity index (χ2n) is 13.0. The van der Waals surface area contributed by atoms with E-state index in [0.717, 1.165) is 77.5 Å². The van der Waals surface area contributed by atoms with E-state index in [0.29, 0.717) is 5.82 Å². The molecule has 0 saturated heterocycles. The summed E-state index contributed by atoms with van der Waals surface area (Å²) in [6.45, 7) is 0. The molecule has 0 atom stereocenters. The van der Waals surface area contributed by atoms with Crippen molar-refractivity contribution in [1.29, 1.82) is 0 Å². The number of benzene rings is 8. The number of hydrogen-bond donors (Lipinski definition) is 0. The molecular formula is C48H30N2O. The smallest absolute Gasteiger partial charge is 0.161 e. The van der Waals surface area contributed by atoms with Crippen LogP contribution in [0.5, 0.6) is 0 Å². The molecule has 0 N–H and O–H groups in total. The lowest BCUT2D eigenvalue weighted by molar-refractivity contribution is 0.669. The number of aromatic nitrogens is 2. The summed E-state index contributed by atoms with van der Waals surface area (Å²) < 4.78 is 6.35. The maximum absolute atomic E-state index is 6.35. The van der Waals surface area contributed by atoms with Gasteiger partial charge in [0.1, 0.15) is 11.2 Å². The third-order valence-electron chi connectivity index (χ3n) is 9.87.